The summed E-state index contributed by atoms with van der Waals surface area (Å²) in [4.78, 5) is 36.8. The van der Waals surface area contributed by atoms with Crippen LogP contribution in [0.1, 0.15) is 22.8 Å². The van der Waals surface area contributed by atoms with E-state index >= 15 is 0 Å². The second-order valence-electron chi connectivity index (χ2n) is 6.02. The van der Waals surface area contributed by atoms with Gasteiger partial charge in [0.25, 0.3) is 11.8 Å². The van der Waals surface area contributed by atoms with E-state index in [0.717, 1.165) is 11.3 Å². The van der Waals surface area contributed by atoms with E-state index in [4.69, 9.17) is 0 Å². The van der Waals surface area contributed by atoms with Crippen LogP contribution in [-0.2, 0) is 9.59 Å². The summed E-state index contributed by atoms with van der Waals surface area (Å²) < 4.78 is 0. The Kier molecular flexibility index (Phi) is 6.71. The topological polar surface area (TPSA) is 90.5 Å². The van der Waals surface area contributed by atoms with Crippen LogP contribution < -0.4 is 21.1 Å². The van der Waals surface area contributed by atoms with Crippen LogP contribution in [-0.4, -0.2) is 31.8 Å². The highest BCUT2D eigenvalue weighted by atomic mass is 16.2. The van der Waals surface area contributed by atoms with Crippen LogP contribution in [0.5, 0.6) is 0 Å². The Morgan fingerprint density at radius 1 is 0.963 bits per heavy atom. The zero-order valence-corrected chi connectivity index (χ0v) is 15.4. The summed E-state index contributed by atoms with van der Waals surface area (Å²) in [5.41, 5.74) is 7.51. The van der Waals surface area contributed by atoms with Crippen LogP contribution in [0.2, 0.25) is 0 Å². The lowest BCUT2D eigenvalue weighted by Gasteiger charge is -2.13. The van der Waals surface area contributed by atoms with Gasteiger partial charge >= 0.3 is 0 Å². The summed E-state index contributed by atoms with van der Waals surface area (Å²) in [5, 5.41) is 2.66. The average molecular weight is 366 g/mol. The second kappa shape index (κ2) is 9.19. The fraction of sp³-hybridized carbons (Fsp3) is 0.150. The fourth-order valence-electron chi connectivity index (χ4n) is 2.21. The van der Waals surface area contributed by atoms with Crippen molar-refractivity contribution >= 4 is 35.2 Å². The maximum atomic E-state index is 12.1. The van der Waals surface area contributed by atoms with E-state index in [0.29, 0.717) is 11.3 Å². The Morgan fingerprint density at radius 2 is 1.67 bits per heavy atom. The summed E-state index contributed by atoms with van der Waals surface area (Å²) in [5.74, 6) is -1.01. The molecule has 0 fully saturated rings. The van der Waals surface area contributed by atoms with Crippen molar-refractivity contribution in [2.75, 3.05) is 24.3 Å². The number of carbonyl (C=O) groups is 3. The predicted molar refractivity (Wildman–Crippen MR) is 106 cm³/mol. The number of nitrogens with zero attached hydrogens (tertiary/aromatic N) is 1. The molecule has 0 aromatic heterocycles. The first kappa shape index (κ1) is 19.7. The van der Waals surface area contributed by atoms with Gasteiger partial charge in [-0.2, -0.15) is 0 Å². The van der Waals surface area contributed by atoms with Gasteiger partial charge in [-0.25, -0.2) is 0 Å². The lowest BCUT2D eigenvalue weighted by Crippen LogP contribution is -2.40. The summed E-state index contributed by atoms with van der Waals surface area (Å²) >= 11 is 0. The molecular formula is C20H22N4O3. The maximum Gasteiger partial charge on any atom is 0.269 e. The molecule has 0 aliphatic rings. The number of benzene rings is 2. The number of anilines is 2. The second-order valence-corrected chi connectivity index (χ2v) is 6.02. The van der Waals surface area contributed by atoms with E-state index in [9.17, 15) is 14.4 Å². The Bertz CT molecular complexity index is 858. The molecule has 3 N–H and O–H groups in total. The Balaban J connectivity index is 1.88. The molecule has 7 nitrogen and oxygen atoms in total. The number of amides is 3. The highest BCUT2D eigenvalue weighted by Gasteiger charge is 2.07. The van der Waals surface area contributed by atoms with Crippen molar-refractivity contribution in [2.24, 2.45) is 0 Å². The average Bonchev–Trinajstić information content (AvgIpc) is 2.65. The first-order chi connectivity index (χ1) is 12.8. The SMILES string of the molecule is CC(=O)Nc1ccc(/C=C/C(=O)NNC(=O)c2cccc(N(C)C)c2)cc1. The fourth-order valence-corrected chi connectivity index (χ4v) is 2.21. The monoisotopic (exact) mass is 366 g/mol. The zero-order chi connectivity index (χ0) is 19.8. The minimum atomic E-state index is -0.460. The third kappa shape index (κ3) is 6.32. The Labute approximate surface area is 158 Å². The van der Waals surface area contributed by atoms with Gasteiger partial charge in [-0.15, -0.1) is 0 Å². The molecule has 2 aromatic carbocycles. The summed E-state index contributed by atoms with van der Waals surface area (Å²) in [6, 6.07) is 14.1. The highest BCUT2D eigenvalue weighted by molar-refractivity contribution is 5.98. The highest BCUT2D eigenvalue weighted by Crippen LogP contribution is 2.13. The van der Waals surface area contributed by atoms with Crippen molar-refractivity contribution < 1.29 is 14.4 Å². The summed E-state index contributed by atoms with van der Waals surface area (Å²) in [6.07, 6.45) is 2.91. The van der Waals surface area contributed by atoms with Gasteiger partial charge in [0.1, 0.15) is 0 Å². The van der Waals surface area contributed by atoms with Crippen molar-refractivity contribution in [2.45, 2.75) is 6.92 Å². The van der Waals surface area contributed by atoms with E-state index in [1.54, 1.807) is 48.5 Å². The number of carbonyl (C=O) groups excluding carboxylic acids is 3. The molecule has 2 aromatic rings. The zero-order valence-electron chi connectivity index (χ0n) is 15.4. The van der Waals surface area contributed by atoms with E-state index in [-0.39, 0.29) is 5.91 Å². The first-order valence-corrected chi connectivity index (χ1v) is 8.28. The van der Waals surface area contributed by atoms with Gasteiger partial charge in [0.05, 0.1) is 0 Å². The minimum absolute atomic E-state index is 0.149. The third-order valence-electron chi connectivity index (χ3n) is 3.58. The van der Waals surface area contributed by atoms with Crippen LogP contribution in [0.25, 0.3) is 6.08 Å². The van der Waals surface area contributed by atoms with Crippen molar-refractivity contribution in [3.63, 3.8) is 0 Å². The Morgan fingerprint density at radius 3 is 2.30 bits per heavy atom. The smallest absolute Gasteiger partial charge is 0.269 e. The molecule has 0 unspecified atom stereocenters. The molecule has 140 valence electrons. The quantitative estimate of drug-likeness (QED) is 0.559. The largest absolute Gasteiger partial charge is 0.378 e. The van der Waals surface area contributed by atoms with Gasteiger partial charge in [0, 0.05) is 44.0 Å². The van der Waals surface area contributed by atoms with Crippen molar-refractivity contribution in [3.8, 4) is 0 Å². The molecule has 0 atom stereocenters. The van der Waals surface area contributed by atoms with E-state index in [1.165, 1.54) is 13.0 Å². The molecule has 2 rings (SSSR count). The number of nitrogens with one attached hydrogen (secondary N) is 3. The molecule has 0 spiro atoms. The normalized spacial score (nSPS) is 10.3. The van der Waals surface area contributed by atoms with Crippen LogP contribution in [0.15, 0.2) is 54.6 Å². The van der Waals surface area contributed by atoms with Gasteiger partial charge in [-0.1, -0.05) is 18.2 Å². The van der Waals surface area contributed by atoms with Gasteiger partial charge in [0.2, 0.25) is 5.91 Å². The number of hydrogen-bond acceptors (Lipinski definition) is 4. The Hall–Kier alpha value is -3.61. The summed E-state index contributed by atoms with van der Waals surface area (Å²) in [6.45, 7) is 1.43. The maximum absolute atomic E-state index is 12.1. The number of hydrogen-bond donors (Lipinski definition) is 3. The van der Waals surface area contributed by atoms with Crippen LogP contribution in [0.4, 0.5) is 11.4 Å². The van der Waals surface area contributed by atoms with Gasteiger partial charge in [-0.3, -0.25) is 25.2 Å². The molecule has 0 aliphatic heterocycles. The van der Waals surface area contributed by atoms with E-state index in [1.807, 2.05) is 25.1 Å². The van der Waals surface area contributed by atoms with Crippen molar-refractivity contribution in [1.29, 1.82) is 0 Å². The van der Waals surface area contributed by atoms with Crippen LogP contribution >= 0.6 is 0 Å². The van der Waals surface area contributed by atoms with Crippen LogP contribution in [0, 0.1) is 0 Å². The molecule has 0 radical (unpaired) electrons. The molecule has 0 saturated carbocycles. The van der Waals surface area contributed by atoms with E-state index < -0.39 is 11.8 Å². The molecule has 0 saturated heterocycles. The molecule has 0 bridgehead atoms. The number of hydrazine groups is 1. The van der Waals surface area contributed by atoms with Gasteiger partial charge < -0.3 is 10.2 Å². The summed E-state index contributed by atoms with van der Waals surface area (Å²) in [7, 11) is 3.76. The van der Waals surface area contributed by atoms with Gasteiger partial charge in [0.15, 0.2) is 0 Å². The first-order valence-electron chi connectivity index (χ1n) is 8.28. The van der Waals surface area contributed by atoms with Crippen molar-refractivity contribution in [1.82, 2.24) is 10.9 Å². The number of rotatable bonds is 5. The predicted octanol–water partition coefficient (Wildman–Crippen LogP) is 2.19. The van der Waals surface area contributed by atoms with Crippen molar-refractivity contribution in [3.05, 3.63) is 65.7 Å². The molecule has 0 heterocycles. The molecule has 3 amide bonds. The molecule has 0 aliphatic carbocycles. The standard InChI is InChI=1S/C20H22N4O3/c1-14(25)21-17-10-7-15(8-11-17)9-12-19(26)22-23-20(27)16-5-4-6-18(13-16)24(2)3/h4-13H,1-3H3,(H,21,25)(H,22,26)(H,23,27)/b12-9+. The van der Waals surface area contributed by atoms with E-state index in [2.05, 4.69) is 16.2 Å². The molecule has 7 heteroatoms. The lowest BCUT2D eigenvalue weighted by atomic mass is 10.2. The van der Waals surface area contributed by atoms with Gasteiger partial charge in [-0.05, 0) is 42.0 Å². The molecular weight excluding hydrogens is 344 g/mol. The third-order valence-corrected chi connectivity index (χ3v) is 3.58. The minimum Gasteiger partial charge on any atom is -0.378 e. The van der Waals surface area contributed by atoms with Crippen LogP contribution in [0.3, 0.4) is 0 Å². The molecule has 27 heavy (non-hydrogen) atoms. The lowest BCUT2D eigenvalue weighted by molar-refractivity contribution is -0.117.